The van der Waals surface area contributed by atoms with Gasteiger partial charge in [0.25, 0.3) is 0 Å². The second-order valence-corrected chi connectivity index (χ2v) is 5.12. The van der Waals surface area contributed by atoms with Crippen molar-refractivity contribution in [2.75, 3.05) is 11.9 Å². The quantitative estimate of drug-likeness (QED) is 0.860. The third-order valence-corrected chi connectivity index (χ3v) is 3.73. The number of hydrogen-bond acceptors (Lipinski definition) is 4. The maximum absolute atomic E-state index is 10.5. The summed E-state index contributed by atoms with van der Waals surface area (Å²) in [5.74, 6) is -0.298. The fourth-order valence-electron chi connectivity index (χ4n) is 1.32. The highest BCUT2D eigenvalue weighted by atomic mass is 32.1. The molecule has 1 rings (SSSR count). The van der Waals surface area contributed by atoms with E-state index in [1.54, 1.807) is 0 Å². The third kappa shape index (κ3) is 3.20. The molecular weight excluding hydrogens is 224 g/mol. The third-order valence-electron chi connectivity index (χ3n) is 2.75. The Morgan fingerprint density at radius 3 is 2.69 bits per heavy atom. The number of rotatable bonds is 5. The largest absolute Gasteiger partial charge is 0.481 e. The van der Waals surface area contributed by atoms with Gasteiger partial charge in [0.05, 0.1) is 12.1 Å². The standard InChI is InChI=1S/C11H18N2O2S/c1-7(2)8(3)13(4)11-12-9(6-16-11)5-10(14)15/h6-8H,5H2,1-4H3,(H,14,15). The Kier molecular flexibility index (Phi) is 4.29. The molecule has 0 amide bonds. The number of carbonyl (C=O) groups is 1. The van der Waals surface area contributed by atoms with Crippen molar-refractivity contribution in [2.45, 2.75) is 33.2 Å². The van der Waals surface area contributed by atoms with Gasteiger partial charge in [0.2, 0.25) is 0 Å². The highest BCUT2D eigenvalue weighted by Crippen LogP contribution is 2.23. The summed E-state index contributed by atoms with van der Waals surface area (Å²) in [4.78, 5) is 17.0. The van der Waals surface area contributed by atoms with Gasteiger partial charge in [0.1, 0.15) is 0 Å². The van der Waals surface area contributed by atoms with E-state index in [0.717, 1.165) is 5.13 Å². The zero-order valence-corrected chi connectivity index (χ0v) is 10.9. The van der Waals surface area contributed by atoms with Crippen molar-refractivity contribution in [3.63, 3.8) is 0 Å². The Morgan fingerprint density at radius 1 is 1.56 bits per heavy atom. The molecule has 1 unspecified atom stereocenters. The van der Waals surface area contributed by atoms with Crippen LogP contribution in [0.15, 0.2) is 5.38 Å². The lowest BCUT2D eigenvalue weighted by atomic mass is 10.1. The minimum atomic E-state index is -0.837. The second-order valence-electron chi connectivity index (χ2n) is 4.29. The van der Waals surface area contributed by atoms with Gasteiger partial charge in [0.15, 0.2) is 5.13 Å². The van der Waals surface area contributed by atoms with Gasteiger partial charge in [-0.15, -0.1) is 11.3 Å². The number of carboxylic acids is 1. The topological polar surface area (TPSA) is 53.4 Å². The predicted molar refractivity (Wildman–Crippen MR) is 66.2 cm³/mol. The average Bonchev–Trinajstić information content (AvgIpc) is 2.62. The molecule has 0 aliphatic rings. The van der Waals surface area contributed by atoms with Gasteiger partial charge in [-0.3, -0.25) is 4.79 Å². The molecule has 0 aliphatic heterocycles. The number of aromatic nitrogens is 1. The van der Waals surface area contributed by atoms with Gasteiger partial charge in [-0.05, 0) is 12.8 Å². The van der Waals surface area contributed by atoms with E-state index in [1.165, 1.54) is 11.3 Å². The maximum Gasteiger partial charge on any atom is 0.309 e. The molecule has 0 radical (unpaired) electrons. The van der Waals surface area contributed by atoms with Crippen LogP contribution in [0.2, 0.25) is 0 Å². The van der Waals surface area contributed by atoms with Crippen LogP contribution in [-0.4, -0.2) is 29.1 Å². The summed E-state index contributed by atoms with van der Waals surface area (Å²) >= 11 is 1.50. The van der Waals surface area contributed by atoms with Crippen LogP contribution in [0.5, 0.6) is 0 Å². The molecule has 0 bridgehead atoms. The normalized spacial score (nSPS) is 12.8. The predicted octanol–water partition coefficient (Wildman–Crippen LogP) is 2.25. The minimum absolute atomic E-state index is 0.000396. The first-order valence-electron chi connectivity index (χ1n) is 5.30. The summed E-state index contributed by atoms with van der Waals surface area (Å²) in [5.41, 5.74) is 0.635. The lowest BCUT2D eigenvalue weighted by molar-refractivity contribution is -0.136. The minimum Gasteiger partial charge on any atom is -0.481 e. The van der Waals surface area contributed by atoms with Crippen LogP contribution < -0.4 is 4.90 Å². The molecule has 5 heteroatoms. The molecule has 1 aromatic rings. The van der Waals surface area contributed by atoms with E-state index < -0.39 is 5.97 Å². The molecule has 0 saturated heterocycles. The Hall–Kier alpha value is -1.10. The van der Waals surface area contributed by atoms with E-state index in [-0.39, 0.29) is 6.42 Å². The highest BCUT2D eigenvalue weighted by molar-refractivity contribution is 7.13. The Labute approximate surface area is 99.9 Å². The van der Waals surface area contributed by atoms with E-state index >= 15 is 0 Å². The molecule has 1 aromatic heterocycles. The van der Waals surface area contributed by atoms with Gasteiger partial charge in [0, 0.05) is 18.5 Å². The van der Waals surface area contributed by atoms with Crippen molar-refractivity contribution in [3.05, 3.63) is 11.1 Å². The molecule has 1 heterocycles. The van der Waals surface area contributed by atoms with Gasteiger partial charge >= 0.3 is 5.97 Å². The summed E-state index contributed by atoms with van der Waals surface area (Å²) in [7, 11) is 1.99. The molecule has 0 saturated carbocycles. The van der Waals surface area contributed by atoms with Crippen LogP contribution in [0.3, 0.4) is 0 Å². The van der Waals surface area contributed by atoms with Crippen molar-refractivity contribution in [3.8, 4) is 0 Å². The fourth-order valence-corrected chi connectivity index (χ4v) is 2.20. The van der Waals surface area contributed by atoms with Gasteiger partial charge < -0.3 is 10.0 Å². The lowest BCUT2D eigenvalue weighted by Crippen LogP contribution is -2.33. The number of hydrogen-bond donors (Lipinski definition) is 1. The van der Waals surface area contributed by atoms with Crippen molar-refractivity contribution < 1.29 is 9.90 Å². The van der Waals surface area contributed by atoms with Gasteiger partial charge in [-0.2, -0.15) is 0 Å². The average molecular weight is 242 g/mol. The monoisotopic (exact) mass is 242 g/mol. The van der Waals surface area contributed by atoms with E-state index in [2.05, 4.69) is 30.7 Å². The maximum atomic E-state index is 10.5. The smallest absolute Gasteiger partial charge is 0.309 e. The molecule has 1 N–H and O–H groups in total. The number of carboxylic acid groups (broad SMARTS) is 1. The van der Waals surface area contributed by atoms with Crippen molar-refractivity contribution >= 4 is 22.4 Å². The highest BCUT2D eigenvalue weighted by Gasteiger charge is 2.16. The summed E-state index contributed by atoms with van der Waals surface area (Å²) in [5, 5.41) is 11.4. The van der Waals surface area contributed by atoms with Gasteiger partial charge in [-0.1, -0.05) is 13.8 Å². The van der Waals surface area contributed by atoms with Crippen molar-refractivity contribution in [2.24, 2.45) is 5.92 Å². The molecule has 4 nitrogen and oxygen atoms in total. The first-order chi connectivity index (χ1) is 7.41. The first kappa shape index (κ1) is 13.0. The van der Waals surface area contributed by atoms with Crippen LogP contribution in [0.25, 0.3) is 0 Å². The van der Waals surface area contributed by atoms with Crippen LogP contribution in [0.4, 0.5) is 5.13 Å². The van der Waals surface area contributed by atoms with Crippen LogP contribution in [0, 0.1) is 5.92 Å². The van der Waals surface area contributed by atoms with Crippen LogP contribution in [-0.2, 0) is 11.2 Å². The SMILES string of the molecule is CC(C)C(C)N(C)c1nc(CC(=O)O)cs1. The first-order valence-corrected chi connectivity index (χ1v) is 6.18. The zero-order chi connectivity index (χ0) is 12.3. The van der Waals surface area contributed by atoms with E-state index in [4.69, 9.17) is 5.11 Å². The van der Waals surface area contributed by atoms with Crippen LogP contribution in [0.1, 0.15) is 26.5 Å². The molecule has 0 spiro atoms. The summed E-state index contributed by atoms with van der Waals surface area (Å²) in [6.07, 6.45) is 0.000396. The Balaban J connectivity index is 2.73. The van der Waals surface area contributed by atoms with E-state index in [0.29, 0.717) is 17.7 Å². The fraction of sp³-hybridized carbons (Fsp3) is 0.636. The zero-order valence-electron chi connectivity index (χ0n) is 10.1. The summed E-state index contributed by atoms with van der Waals surface area (Å²) < 4.78 is 0. The van der Waals surface area contributed by atoms with Crippen LogP contribution >= 0.6 is 11.3 Å². The second kappa shape index (κ2) is 5.30. The molecule has 0 fully saturated rings. The molecule has 0 aromatic carbocycles. The number of aliphatic carboxylic acids is 1. The number of thiazole rings is 1. The summed E-state index contributed by atoms with van der Waals surface area (Å²) in [6.45, 7) is 6.46. The molecule has 90 valence electrons. The number of nitrogens with zero attached hydrogens (tertiary/aromatic N) is 2. The Morgan fingerprint density at radius 2 is 2.19 bits per heavy atom. The van der Waals surface area contributed by atoms with Crippen molar-refractivity contribution in [1.82, 2.24) is 4.98 Å². The molecular formula is C11H18N2O2S. The molecule has 16 heavy (non-hydrogen) atoms. The van der Waals surface area contributed by atoms with Gasteiger partial charge in [-0.25, -0.2) is 4.98 Å². The Bertz CT molecular complexity index is 363. The lowest BCUT2D eigenvalue weighted by Gasteiger charge is -2.27. The van der Waals surface area contributed by atoms with E-state index in [9.17, 15) is 4.79 Å². The molecule has 0 aliphatic carbocycles. The van der Waals surface area contributed by atoms with Crippen molar-refractivity contribution in [1.29, 1.82) is 0 Å². The molecule has 1 atom stereocenters. The summed E-state index contributed by atoms with van der Waals surface area (Å²) in [6, 6.07) is 0.392. The number of anilines is 1. The van der Waals surface area contributed by atoms with E-state index in [1.807, 2.05) is 12.4 Å².